The molecule has 8 unspecified atom stereocenters. The molecule has 1 amide bonds. The van der Waals surface area contributed by atoms with E-state index < -0.39 is 154 Å². The van der Waals surface area contributed by atoms with Crippen LogP contribution in [0, 0.1) is 5.41 Å². The van der Waals surface area contributed by atoms with Crippen molar-refractivity contribution in [1.82, 2.24) is 5.32 Å². The highest BCUT2D eigenvalue weighted by Crippen LogP contribution is 2.38. The first-order valence-electron chi connectivity index (χ1n) is 16.5. The molecule has 4 rings (SSSR count). The van der Waals surface area contributed by atoms with Gasteiger partial charge in [-0.15, -0.1) is 0 Å². The monoisotopic (exact) mass is 731 g/mol. The first kappa shape index (κ1) is 41.5. The molecular formula is C30H53NO19. The van der Waals surface area contributed by atoms with E-state index in [2.05, 4.69) is 5.32 Å². The van der Waals surface area contributed by atoms with Crippen LogP contribution in [0.4, 0.5) is 0 Å². The molecule has 4 aliphatic rings. The molecule has 0 aromatic rings. The van der Waals surface area contributed by atoms with E-state index in [1.807, 2.05) is 0 Å². The zero-order valence-corrected chi connectivity index (χ0v) is 28.4. The molecule has 292 valence electrons. The van der Waals surface area contributed by atoms with Gasteiger partial charge in [0.15, 0.2) is 18.9 Å². The summed E-state index contributed by atoms with van der Waals surface area (Å²) < 4.78 is 41.2. The maximum atomic E-state index is 12.6. The lowest BCUT2D eigenvalue weighted by molar-refractivity contribution is -0.382. The smallest absolute Gasteiger partial charge is 0.217 e. The first-order chi connectivity index (χ1) is 23.4. The molecule has 0 radical (unpaired) electrons. The molecule has 20 nitrogen and oxygen atoms in total. The Bertz CT molecular complexity index is 1100. The van der Waals surface area contributed by atoms with Crippen molar-refractivity contribution in [2.45, 2.75) is 157 Å². The second-order valence-corrected chi connectivity index (χ2v) is 14.3. The third-order valence-corrected chi connectivity index (χ3v) is 9.45. The zero-order chi connectivity index (χ0) is 37.4. The van der Waals surface area contributed by atoms with Crippen molar-refractivity contribution < 1.29 is 94.1 Å². The zero-order valence-electron chi connectivity index (χ0n) is 28.4. The van der Waals surface area contributed by atoms with Crippen LogP contribution in [0.5, 0.6) is 0 Å². The third kappa shape index (κ3) is 8.59. The minimum absolute atomic E-state index is 0.662. The Kier molecular flexibility index (Phi) is 14.0. The van der Waals surface area contributed by atoms with Crippen LogP contribution in [0.3, 0.4) is 0 Å². The van der Waals surface area contributed by atoms with Gasteiger partial charge in [-0.1, -0.05) is 20.8 Å². The van der Waals surface area contributed by atoms with Crippen LogP contribution < -0.4 is 5.32 Å². The van der Waals surface area contributed by atoms with E-state index >= 15 is 0 Å². The van der Waals surface area contributed by atoms with E-state index in [1.54, 1.807) is 20.8 Å². The van der Waals surface area contributed by atoms with Crippen LogP contribution in [0.2, 0.25) is 0 Å². The number of hydrogen-bond donors (Lipinski definition) is 12. The predicted octanol–water partition coefficient (Wildman–Crippen LogP) is -6.48. The summed E-state index contributed by atoms with van der Waals surface area (Å²) >= 11 is 0. The molecule has 20 atom stereocenters. The van der Waals surface area contributed by atoms with Gasteiger partial charge in [0.1, 0.15) is 91.5 Å². The van der Waals surface area contributed by atoms with Gasteiger partial charge in [0.05, 0.1) is 32.0 Å². The molecule has 0 bridgehead atoms. The average molecular weight is 732 g/mol. The summed E-state index contributed by atoms with van der Waals surface area (Å²) in [6.45, 7) is 5.38. The van der Waals surface area contributed by atoms with Crippen LogP contribution in [0.1, 0.15) is 34.6 Å². The Labute approximate surface area is 288 Å². The van der Waals surface area contributed by atoms with Crippen LogP contribution >= 0.6 is 0 Å². The number of carbonyl (C=O) groups excluding carboxylic acids is 1. The number of rotatable bonds is 10. The molecule has 4 saturated heterocycles. The van der Waals surface area contributed by atoms with Crippen molar-refractivity contribution in [3.63, 3.8) is 0 Å². The molecule has 20 heteroatoms. The van der Waals surface area contributed by atoms with Gasteiger partial charge in [0.25, 0.3) is 0 Å². The largest absolute Gasteiger partial charge is 0.394 e. The maximum Gasteiger partial charge on any atom is 0.217 e. The minimum atomic E-state index is -1.94. The fourth-order valence-electron chi connectivity index (χ4n) is 6.61. The van der Waals surface area contributed by atoms with Gasteiger partial charge in [-0.3, -0.25) is 4.79 Å². The fourth-order valence-corrected chi connectivity index (χ4v) is 6.61. The number of amides is 1. The average Bonchev–Trinajstić information content (AvgIpc) is 3.05. The molecule has 0 spiro atoms. The lowest BCUT2D eigenvalue weighted by Gasteiger charge is -2.52. The van der Waals surface area contributed by atoms with E-state index in [4.69, 9.17) is 33.2 Å². The molecular weight excluding hydrogens is 678 g/mol. The molecule has 0 aromatic carbocycles. The minimum Gasteiger partial charge on any atom is -0.394 e. The van der Waals surface area contributed by atoms with Crippen LogP contribution in [0.25, 0.3) is 0 Å². The fraction of sp³-hybridized carbons (Fsp3) is 0.967. The van der Waals surface area contributed by atoms with Gasteiger partial charge in [-0.05, 0) is 12.3 Å². The van der Waals surface area contributed by atoms with E-state index in [0.717, 1.165) is 6.92 Å². The second kappa shape index (κ2) is 16.8. The lowest BCUT2D eigenvalue weighted by atomic mass is 9.80. The molecule has 4 fully saturated rings. The molecule has 4 heterocycles. The van der Waals surface area contributed by atoms with Crippen molar-refractivity contribution in [1.29, 1.82) is 0 Å². The van der Waals surface area contributed by atoms with E-state index in [0.29, 0.717) is 0 Å². The summed E-state index contributed by atoms with van der Waals surface area (Å²) in [5.74, 6) is -0.711. The molecule has 4 aliphatic heterocycles. The Morgan fingerprint density at radius 1 is 0.580 bits per heavy atom. The van der Waals surface area contributed by atoms with E-state index in [1.165, 1.54) is 6.92 Å². The van der Waals surface area contributed by atoms with E-state index in [-0.39, 0.29) is 0 Å². The van der Waals surface area contributed by atoms with Crippen LogP contribution in [0.15, 0.2) is 0 Å². The summed E-state index contributed by atoms with van der Waals surface area (Å²) in [6.07, 6.45) is -30.3. The van der Waals surface area contributed by atoms with Crippen molar-refractivity contribution in [2.24, 2.45) is 5.41 Å². The highest BCUT2D eigenvalue weighted by atomic mass is 16.8. The number of hydrogen-bond acceptors (Lipinski definition) is 19. The van der Waals surface area contributed by atoms with Crippen LogP contribution in [-0.4, -0.2) is 204 Å². The molecule has 0 saturated carbocycles. The number of nitrogens with one attached hydrogen (secondary N) is 1. The number of aliphatic hydroxyl groups is 11. The number of carbonyl (C=O) groups is 1. The van der Waals surface area contributed by atoms with Crippen molar-refractivity contribution in [2.75, 3.05) is 19.8 Å². The lowest BCUT2D eigenvalue weighted by Crippen LogP contribution is -2.71. The summed E-state index contributed by atoms with van der Waals surface area (Å²) in [6, 6.07) is -1.54. The Morgan fingerprint density at radius 2 is 1.06 bits per heavy atom. The molecule has 50 heavy (non-hydrogen) atoms. The highest BCUT2D eigenvalue weighted by Gasteiger charge is 2.57. The molecule has 0 aliphatic carbocycles. The number of ether oxygens (including phenoxy) is 7. The first-order valence-corrected chi connectivity index (χ1v) is 16.5. The Morgan fingerprint density at radius 3 is 1.60 bits per heavy atom. The summed E-state index contributed by atoms with van der Waals surface area (Å²) in [5.41, 5.74) is -0.737. The van der Waals surface area contributed by atoms with Gasteiger partial charge in [0, 0.05) is 6.92 Å². The van der Waals surface area contributed by atoms with Gasteiger partial charge in [0.2, 0.25) is 5.91 Å². The normalized spacial score (nSPS) is 49.0. The van der Waals surface area contributed by atoms with Gasteiger partial charge in [-0.25, -0.2) is 0 Å². The van der Waals surface area contributed by atoms with Crippen molar-refractivity contribution in [3.05, 3.63) is 0 Å². The topological polar surface area (TPSA) is 316 Å². The van der Waals surface area contributed by atoms with Gasteiger partial charge >= 0.3 is 0 Å². The van der Waals surface area contributed by atoms with Gasteiger partial charge < -0.3 is 94.6 Å². The SMILES string of the molecule is CC(=O)NC1[C@H](O[C@@H]2C(O)[C@H](C(C)(C)C)OC(CO)[C@@H]2O)OC(CO)[C@@H](O[C@@H]2OC(CO)[C@H](O)[C@H](O)C2O)[C@H]1O[C@@H]1OC(C)[C@@H](O)C(O)[C@H]1O. The van der Waals surface area contributed by atoms with Crippen molar-refractivity contribution >= 4 is 5.91 Å². The molecule has 12 N–H and O–H groups in total. The third-order valence-electron chi connectivity index (χ3n) is 9.45. The quantitative estimate of drug-likeness (QED) is 0.0994. The van der Waals surface area contributed by atoms with Gasteiger partial charge in [-0.2, -0.15) is 0 Å². The Balaban J connectivity index is 1.75. The Hall–Kier alpha value is -1.25. The van der Waals surface area contributed by atoms with E-state index in [9.17, 15) is 61.0 Å². The summed E-state index contributed by atoms with van der Waals surface area (Å²) in [7, 11) is 0. The van der Waals surface area contributed by atoms with Crippen molar-refractivity contribution in [3.8, 4) is 0 Å². The summed E-state index contributed by atoms with van der Waals surface area (Å²) in [4.78, 5) is 12.6. The molecule has 0 aromatic heterocycles. The van der Waals surface area contributed by atoms with Crippen LogP contribution in [-0.2, 0) is 38.0 Å². The predicted molar refractivity (Wildman–Crippen MR) is 161 cm³/mol. The highest BCUT2D eigenvalue weighted by molar-refractivity contribution is 5.73. The summed E-state index contributed by atoms with van der Waals surface area (Å²) in [5, 5.41) is 118. The maximum absolute atomic E-state index is 12.6. The number of aliphatic hydroxyl groups excluding tert-OH is 11. The second-order valence-electron chi connectivity index (χ2n) is 14.3. The standard InChI is InChI=1S/C30H53NO19/c1-9-15(36)18(39)20(41)28(44-9)49-24-14(31-10(2)35)27(50-25-17(38)12(7-33)45-26(22(25)43)30(3,4)5)47-13(8-34)23(24)48-29-21(42)19(40)16(37)11(6-32)46-29/h9,11-29,32-34,36-43H,6-8H2,1-5H3,(H,31,35)/t9?,11?,12?,13?,14?,15-,16+,17+,18?,19+,20-,21?,22?,23-,24+,25+,26-,27+,28+,29+/m1/s1.